The molecule has 0 bridgehead atoms. The van der Waals surface area contributed by atoms with Crippen LogP contribution in [0.5, 0.6) is 0 Å². The van der Waals surface area contributed by atoms with Crippen LogP contribution in [0.25, 0.3) is 0 Å². The zero-order valence-electron chi connectivity index (χ0n) is 11.5. The van der Waals surface area contributed by atoms with Gasteiger partial charge in [0.15, 0.2) is 0 Å². The first-order valence-electron chi connectivity index (χ1n) is 6.84. The molecule has 0 radical (unpaired) electrons. The number of carbonyl (C=O) groups excluding carboxylic acids is 1. The van der Waals surface area contributed by atoms with E-state index in [0.29, 0.717) is 12.5 Å². The van der Waals surface area contributed by atoms with Gasteiger partial charge in [-0.05, 0) is 48.4 Å². The quantitative estimate of drug-likeness (QED) is 0.258. The summed E-state index contributed by atoms with van der Waals surface area (Å²) in [6.45, 7) is 6.36. The van der Waals surface area contributed by atoms with E-state index in [1.807, 2.05) is 19.1 Å². The number of terminal acetylenes is 1. The average Bonchev–Trinajstić information content (AvgIpc) is 3.32. The summed E-state index contributed by atoms with van der Waals surface area (Å²) in [5, 5.41) is 2.95. The maximum atomic E-state index is 12.0. The third kappa shape index (κ3) is 2.70. The van der Waals surface area contributed by atoms with Crippen LogP contribution in [0.1, 0.15) is 13.3 Å². The van der Waals surface area contributed by atoms with Crippen molar-refractivity contribution in [3.8, 4) is 12.3 Å². The molecule has 4 unspecified atom stereocenters. The number of rotatable bonds is 6. The second-order valence-electron chi connectivity index (χ2n) is 5.68. The van der Waals surface area contributed by atoms with Crippen LogP contribution < -0.4 is 10.0 Å². The highest BCUT2D eigenvalue weighted by Crippen LogP contribution is 2.65. The van der Waals surface area contributed by atoms with Gasteiger partial charge in [-0.1, -0.05) is 24.7 Å². The van der Waals surface area contributed by atoms with Gasteiger partial charge in [-0.3, -0.25) is 4.79 Å². The third-order valence-electron chi connectivity index (χ3n) is 3.93. The van der Waals surface area contributed by atoms with Crippen molar-refractivity contribution in [3.05, 3.63) is 36.0 Å². The molecular weight excluding hydrogens is 268 g/mol. The molecule has 1 heterocycles. The van der Waals surface area contributed by atoms with E-state index in [-0.39, 0.29) is 22.6 Å². The lowest BCUT2D eigenvalue weighted by Gasteiger charge is -2.04. The van der Waals surface area contributed by atoms with Gasteiger partial charge in [-0.15, -0.1) is 6.42 Å². The SMILES string of the molecule is C#CC(C)/C=C\C(=C)CNC(=O)C1CC1C1=CC12NS2. The second kappa shape index (κ2) is 4.83. The van der Waals surface area contributed by atoms with Gasteiger partial charge in [-0.2, -0.15) is 0 Å². The summed E-state index contributed by atoms with van der Waals surface area (Å²) in [6, 6.07) is 0. The predicted octanol–water partition coefficient (Wildman–Crippen LogP) is 2.01. The molecule has 0 aromatic carbocycles. The molecule has 2 fully saturated rings. The minimum absolute atomic E-state index is 0.0943. The van der Waals surface area contributed by atoms with E-state index in [1.54, 1.807) is 11.9 Å². The highest BCUT2D eigenvalue weighted by atomic mass is 32.2. The smallest absolute Gasteiger partial charge is 0.224 e. The lowest BCUT2D eigenvalue weighted by atomic mass is 10.1. The van der Waals surface area contributed by atoms with Crippen molar-refractivity contribution in [1.82, 2.24) is 10.0 Å². The summed E-state index contributed by atoms with van der Waals surface area (Å²) < 4.78 is 3.25. The Hall–Kier alpha value is -1.44. The number of hydrogen-bond donors (Lipinski definition) is 2. The lowest BCUT2D eigenvalue weighted by Crippen LogP contribution is -2.27. The van der Waals surface area contributed by atoms with Gasteiger partial charge in [0.05, 0.1) is 0 Å². The van der Waals surface area contributed by atoms with Crippen LogP contribution in [-0.2, 0) is 4.79 Å². The van der Waals surface area contributed by atoms with Crippen molar-refractivity contribution in [1.29, 1.82) is 0 Å². The Balaban J connectivity index is 1.38. The van der Waals surface area contributed by atoms with Gasteiger partial charge in [0.1, 0.15) is 4.87 Å². The molecule has 20 heavy (non-hydrogen) atoms. The Kier molecular flexibility index (Phi) is 3.27. The molecule has 1 amide bonds. The summed E-state index contributed by atoms with van der Waals surface area (Å²) >= 11 is 1.74. The van der Waals surface area contributed by atoms with Crippen molar-refractivity contribution >= 4 is 17.9 Å². The molecule has 3 nitrogen and oxygen atoms in total. The fraction of sp³-hybridized carbons (Fsp3) is 0.438. The fourth-order valence-electron chi connectivity index (χ4n) is 2.35. The number of nitrogens with one attached hydrogen (secondary N) is 2. The summed E-state index contributed by atoms with van der Waals surface area (Å²) in [5.41, 5.74) is 2.29. The molecule has 104 valence electrons. The van der Waals surface area contributed by atoms with Crippen molar-refractivity contribution < 1.29 is 4.79 Å². The van der Waals surface area contributed by atoms with Crippen LogP contribution in [0, 0.1) is 30.1 Å². The molecule has 4 atom stereocenters. The largest absolute Gasteiger partial charge is 0.352 e. The normalized spacial score (nSPS) is 34.3. The lowest BCUT2D eigenvalue weighted by molar-refractivity contribution is -0.122. The van der Waals surface area contributed by atoms with E-state index in [1.165, 1.54) is 5.57 Å². The van der Waals surface area contributed by atoms with E-state index in [4.69, 9.17) is 6.42 Å². The van der Waals surface area contributed by atoms with Crippen LogP contribution in [0.4, 0.5) is 0 Å². The standard InChI is InChI=1S/C16H18N2OS/c1-4-10(2)5-6-11(3)9-17-15(19)13-7-12(13)14-8-16(14)18-20-16/h1,5-6,8,10,12-13,18H,3,7,9H2,2H3,(H,17,19)/b6-5-. The van der Waals surface area contributed by atoms with E-state index in [2.05, 4.69) is 28.6 Å². The molecule has 2 aliphatic carbocycles. The Bertz CT molecular complexity index is 566. The van der Waals surface area contributed by atoms with E-state index in [0.717, 1.165) is 12.0 Å². The average molecular weight is 286 g/mol. The van der Waals surface area contributed by atoms with Crippen molar-refractivity contribution in [2.75, 3.05) is 6.54 Å². The van der Waals surface area contributed by atoms with Gasteiger partial charge < -0.3 is 5.32 Å². The molecule has 3 rings (SSSR count). The molecule has 0 aromatic rings. The Morgan fingerprint density at radius 3 is 3.20 bits per heavy atom. The van der Waals surface area contributed by atoms with Gasteiger partial charge in [-0.25, -0.2) is 4.72 Å². The fourth-order valence-corrected chi connectivity index (χ4v) is 3.09. The van der Waals surface area contributed by atoms with Gasteiger partial charge in [0.2, 0.25) is 5.91 Å². The number of allylic oxidation sites excluding steroid dienone is 1. The predicted molar refractivity (Wildman–Crippen MR) is 82.4 cm³/mol. The second-order valence-corrected chi connectivity index (χ2v) is 6.73. The highest BCUT2D eigenvalue weighted by molar-refractivity contribution is 8.06. The highest BCUT2D eigenvalue weighted by Gasteiger charge is 2.64. The molecule has 1 aliphatic heterocycles. The Labute approximate surface area is 124 Å². The zero-order chi connectivity index (χ0) is 14.3. The van der Waals surface area contributed by atoms with E-state index in [9.17, 15) is 4.79 Å². The molecule has 1 saturated carbocycles. The van der Waals surface area contributed by atoms with Gasteiger partial charge in [0, 0.05) is 18.4 Å². The number of carbonyl (C=O) groups is 1. The van der Waals surface area contributed by atoms with Crippen molar-refractivity contribution in [2.45, 2.75) is 18.2 Å². The molecule has 2 N–H and O–H groups in total. The summed E-state index contributed by atoms with van der Waals surface area (Å²) in [7, 11) is 0. The minimum Gasteiger partial charge on any atom is -0.352 e. The first kappa shape index (κ1) is 13.5. The minimum atomic E-state index is 0.0943. The monoisotopic (exact) mass is 286 g/mol. The molecule has 4 heteroatoms. The maximum Gasteiger partial charge on any atom is 0.224 e. The molecule has 3 aliphatic rings. The molecule has 1 spiro atoms. The topological polar surface area (TPSA) is 51.0 Å². The summed E-state index contributed by atoms with van der Waals surface area (Å²) in [5.74, 6) is 3.48. The van der Waals surface area contributed by atoms with Gasteiger partial charge >= 0.3 is 0 Å². The first-order valence-corrected chi connectivity index (χ1v) is 7.65. The molecular formula is C16H18N2OS. The van der Waals surface area contributed by atoms with Crippen LogP contribution in [0.3, 0.4) is 0 Å². The van der Waals surface area contributed by atoms with Crippen LogP contribution in [0.15, 0.2) is 36.0 Å². The first-order chi connectivity index (χ1) is 9.55. The number of hydrogen-bond acceptors (Lipinski definition) is 3. The Morgan fingerprint density at radius 1 is 1.85 bits per heavy atom. The third-order valence-corrected chi connectivity index (χ3v) is 4.92. The molecule has 0 aromatic heterocycles. The van der Waals surface area contributed by atoms with Crippen LogP contribution in [-0.4, -0.2) is 17.3 Å². The number of amides is 1. The van der Waals surface area contributed by atoms with E-state index >= 15 is 0 Å². The van der Waals surface area contributed by atoms with Crippen molar-refractivity contribution in [3.63, 3.8) is 0 Å². The maximum absolute atomic E-state index is 12.0. The summed E-state index contributed by atoms with van der Waals surface area (Å²) in [6.07, 6.45) is 12.3. The van der Waals surface area contributed by atoms with Gasteiger partial charge in [0.25, 0.3) is 0 Å². The van der Waals surface area contributed by atoms with Crippen LogP contribution >= 0.6 is 11.9 Å². The summed E-state index contributed by atoms with van der Waals surface area (Å²) in [4.78, 5) is 12.2. The van der Waals surface area contributed by atoms with Crippen LogP contribution in [0.2, 0.25) is 0 Å². The molecule has 1 saturated heterocycles. The zero-order valence-corrected chi connectivity index (χ0v) is 12.3. The van der Waals surface area contributed by atoms with Crippen molar-refractivity contribution in [2.24, 2.45) is 17.8 Å². The Morgan fingerprint density at radius 2 is 2.60 bits per heavy atom. The van der Waals surface area contributed by atoms with E-state index < -0.39 is 0 Å².